The van der Waals surface area contributed by atoms with Crippen LogP contribution in [0.5, 0.6) is 0 Å². The number of carbonyl (C=O) groups is 1. The van der Waals surface area contributed by atoms with Crippen LogP contribution in [0.3, 0.4) is 0 Å². The lowest BCUT2D eigenvalue weighted by Gasteiger charge is -2.30. The van der Waals surface area contributed by atoms with Crippen molar-refractivity contribution in [2.45, 2.75) is 43.9 Å². The first-order valence-corrected chi connectivity index (χ1v) is 13.4. The summed E-state index contributed by atoms with van der Waals surface area (Å²) >= 11 is 3.32. The maximum absolute atomic E-state index is 12.9. The molecule has 0 radical (unpaired) electrons. The number of rotatable bonds is 7. The summed E-state index contributed by atoms with van der Waals surface area (Å²) in [4.78, 5) is 17.4. The zero-order chi connectivity index (χ0) is 24.3. The summed E-state index contributed by atoms with van der Waals surface area (Å²) in [5, 5.41) is 6.96. The van der Waals surface area contributed by atoms with E-state index in [9.17, 15) is 13.2 Å². The molecule has 0 bridgehead atoms. The van der Waals surface area contributed by atoms with E-state index in [1.807, 2.05) is 38.1 Å². The molecule has 1 fully saturated rings. The number of amides is 1. The van der Waals surface area contributed by atoms with E-state index in [0.29, 0.717) is 49.8 Å². The van der Waals surface area contributed by atoms with Crippen LogP contribution in [0.25, 0.3) is 0 Å². The highest BCUT2D eigenvalue weighted by molar-refractivity contribution is 9.10. The van der Waals surface area contributed by atoms with Gasteiger partial charge in [-0.05, 0) is 54.8 Å². The summed E-state index contributed by atoms with van der Waals surface area (Å²) in [5.41, 5.74) is 1.72. The summed E-state index contributed by atoms with van der Waals surface area (Å²) in [7, 11) is -3.56. The van der Waals surface area contributed by atoms with E-state index < -0.39 is 10.0 Å². The molecular formula is C24H27BrN4O4S. The van der Waals surface area contributed by atoms with Crippen LogP contribution in [0.4, 0.5) is 5.69 Å². The normalized spacial score (nSPS) is 15.5. The van der Waals surface area contributed by atoms with Crippen LogP contribution in [-0.4, -0.2) is 41.9 Å². The van der Waals surface area contributed by atoms with Crippen LogP contribution in [0.15, 0.2) is 62.4 Å². The van der Waals surface area contributed by atoms with Crippen molar-refractivity contribution in [1.82, 2.24) is 14.4 Å². The molecule has 4 rings (SSSR count). The molecule has 2 aromatic carbocycles. The number of aromatic nitrogens is 2. The lowest BCUT2D eigenvalue weighted by molar-refractivity contribution is -0.120. The number of carbonyl (C=O) groups excluding carboxylic acids is 1. The zero-order valence-electron chi connectivity index (χ0n) is 19.1. The Balaban J connectivity index is 1.30. The Morgan fingerprint density at radius 1 is 1.12 bits per heavy atom. The number of nitrogens with one attached hydrogen (secondary N) is 1. The lowest BCUT2D eigenvalue weighted by atomic mass is 9.97. The molecule has 10 heteroatoms. The van der Waals surface area contributed by atoms with Gasteiger partial charge in [0.05, 0.1) is 4.90 Å². The second-order valence-electron chi connectivity index (χ2n) is 8.70. The maximum Gasteiger partial charge on any atom is 0.243 e. The van der Waals surface area contributed by atoms with Crippen molar-refractivity contribution in [2.24, 2.45) is 5.92 Å². The molecule has 1 saturated heterocycles. The summed E-state index contributed by atoms with van der Waals surface area (Å²) < 4.78 is 33.2. The van der Waals surface area contributed by atoms with E-state index >= 15 is 0 Å². The van der Waals surface area contributed by atoms with Crippen LogP contribution in [-0.2, 0) is 21.2 Å². The van der Waals surface area contributed by atoms with Gasteiger partial charge < -0.3 is 9.84 Å². The quantitative estimate of drug-likeness (QED) is 0.464. The molecule has 0 unspecified atom stereocenters. The lowest BCUT2D eigenvalue weighted by Crippen LogP contribution is -2.41. The Morgan fingerprint density at radius 2 is 1.76 bits per heavy atom. The number of hydrogen-bond acceptors (Lipinski definition) is 6. The van der Waals surface area contributed by atoms with Crippen LogP contribution < -0.4 is 5.32 Å². The molecule has 1 N–H and O–H groups in total. The van der Waals surface area contributed by atoms with E-state index in [2.05, 4.69) is 31.4 Å². The third-order valence-corrected chi connectivity index (χ3v) is 8.28. The van der Waals surface area contributed by atoms with Gasteiger partial charge in [-0.15, -0.1) is 0 Å². The van der Waals surface area contributed by atoms with Gasteiger partial charge >= 0.3 is 0 Å². The van der Waals surface area contributed by atoms with Gasteiger partial charge in [-0.1, -0.05) is 47.1 Å². The Labute approximate surface area is 207 Å². The molecule has 1 aliphatic heterocycles. The van der Waals surface area contributed by atoms with Crippen molar-refractivity contribution in [3.8, 4) is 0 Å². The fourth-order valence-electron chi connectivity index (χ4n) is 3.82. The van der Waals surface area contributed by atoms with Gasteiger partial charge in [0, 0.05) is 41.5 Å². The number of sulfonamides is 1. The minimum Gasteiger partial charge on any atom is -0.339 e. The third-order valence-electron chi connectivity index (χ3n) is 5.84. The predicted octanol–water partition coefficient (Wildman–Crippen LogP) is 4.59. The Morgan fingerprint density at radius 3 is 2.35 bits per heavy atom. The number of halogens is 1. The standard InChI is InChI=1S/C24H27BrN4O4S/c1-16(2)24-27-22(28-33-24)15-17-3-7-20(8-4-17)26-23(30)18-11-13-29(14-12-18)34(31,32)21-9-5-19(25)6-10-21/h3-10,16,18H,11-15H2,1-2H3,(H,26,30). The molecule has 34 heavy (non-hydrogen) atoms. The number of benzene rings is 2. The topological polar surface area (TPSA) is 105 Å². The van der Waals surface area contributed by atoms with Gasteiger partial charge in [-0.3, -0.25) is 4.79 Å². The first-order chi connectivity index (χ1) is 16.2. The van der Waals surface area contributed by atoms with Crippen molar-refractivity contribution in [1.29, 1.82) is 0 Å². The minimum atomic E-state index is -3.56. The molecule has 0 aliphatic carbocycles. The smallest absolute Gasteiger partial charge is 0.243 e. The fraction of sp³-hybridized carbons (Fsp3) is 0.375. The summed E-state index contributed by atoms with van der Waals surface area (Å²) in [5.74, 6) is 1.12. The number of piperidine rings is 1. The number of anilines is 1. The molecular weight excluding hydrogens is 520 g/mol. The number of hydrogen-bond donors (Lipinski definition) is 1. The summed E-state index contributed by atoms with van der Waals surface area (Å²) in [6.45, 7) is 4.64. The van der Waals surface area contributed by atoms with Gasteiger partial charge in [-0.25, -0.2) is 8.42 Å². The predicted molar refractivity (Wildman–Crippen MR) is 132 cm³/mol. The molecule has 1 aromatic heterocycles. The van der Waals surface area contributed by atoms with Crippen molar-refractivity contribution < 1.29 is 17.7 Å². The third kappa shape index (κ3) is 5.73. The molecule has 0 spiro atoms. The Kier molecular flexibility index (Phi) is 7.49. The van der Waals surface area contributed by atoms with E-state index in [0.717, 1.165) is 10.0 Å². The molecule has 0 atom stereocenters. The zero-order valence-corrected chi connectivity index (χ0v) is 21.5. The number of nitrogens with zero attached hydrogens (tertiary/aromatic N) is 3. The Hall–Kier alpha value is -2.56. The van der Waals surface area contributed by atoms with Crippen LogP contribution in [0.2, 0.25) is 0 Å². The second kappa shape index (κ2) is 10.4. The van der Waals surface area contributed by atoms with E-state index in [1.165, 1.54) is 4.31 Å². The Bertz CT molecular complexity index is 1230. The van der Waals surface area contributed by atoms with Crippen molar-refractivity contribution in [3.05, 3.63) is 70.3 Å². The molecule has 180 valence electrons. The van der Waals surface area contributed by atoms with Gasteiger partial charge in [-0.2, -0.15) is 9.29 Å². The first kappa shape index (κ1) is 24.6. The average Bonchev–Trinajstić information content (AvgIpc) is 3.30. The highest BCUT2D eigenvalue weighted by Gasteiger charge is 2.32. The largest absolute Gasteiger partial charge is 0.339 e. The minimum absolute atomic E-state index is 0.0896. The molecule has 0 saturated carbocycles. The summed E-state index contributed by atoms with van der Waals surface area (Å²) in [6.07, 6.45) is 1.52. The van der Waals surface area contributed by atoms with Crippen molar-refractivity contribution in [3.63, 3.8) is 0 Å². The van der Waals surface area contributed by atoms with Crippen molar-refractivity contribution >= 4 is 37.5 Å². The average molecular weight is 547 g/mol. The van der Waals surface area contributed by atoms with Crippen molar-refractivity contribution in [2.75, 3.05) is 18.4 Å². The van der Waals surface area contributed by atoms with Gasteiger partial charge in [0.1, 0.15) is 0 Å². The highest BCUT2D eigenvalue weighted by atomic mass is 79.9. The molecule has 1 aliphatic rings. The van der Waals surface area contributed by atoms with Gasteiger partial charge in [0.15, 0.2) is 5.82 Å². The van der Waals surface area contributed by atoms with Gasteiger partial charge in [0.25, 0.3) is 0 Å². The highest BCUT2D eigenvalue weighted by Crippen LogP contribution is 2.26. The van der Waals surface area contributed by atoms with Crippen LogP contribution in [0.1, 0.15) is 49.9 Å². The monoisotopic (exact) mass is 546 g/mol. The molecule has 8 nitrogen and oxygen atoms in total. The van der Waals surface area contributed by atoms with E-state index in [-0.39, 0.29) is 22.6 Å². The van der Waals surface area contributed by atoms with Crippen LogP contribution in [0, 0.1) is 5.92 Å². The van der Waals surface area contributed by atoms with E-state index in [1.54, 1.807) is 24.3 Å². The maximum atomic E-state index is 12.9. The fourth-order valence-corrected chi connectivity index (χ4v) is 5.55. The second-order valence-corrected chi connectivity index (χ2v) is 11.6. The molecule has 3 aromatic rings. The molecule has 2 heterocycles. The first-order valence-electron chi connectivity index (χ1n) is 11.2. The SMILES string of the molecule is CC(C)c1nc(Cc2ccc(NC(=O)C3CCN(S(=O)(=O)c4ccc(Br)cc4)CC3)cc2)no1. The van der Waals surface area contributed by atoms with Gasteiger partial charge in [0.2, 0.25) is 21.8 Å². The molecule has 1 amide bonds. The van der Waals surface area contributed by atoms with Crippen LogP contribution >= 0.6 is 15.9 Å². The van der Waals surface area contributed by atoms with E-state index in [4.69, 9.17) is 4.52 Å². The summed E-state index contributed by atoms with van der Waals surface area (Å²) in [6, 6.07) is 14.1.